The normalized spacial score (nSPS) is 21.5. The highest BCUT2D eigenvalue weighted by Gasteiger charge is 2.16. The number of nitrogens with zero attached hydrogens (tertiary/aromatic N) is 1. The summed E-state index contributed by atoms with van der Waals surface area (Å²) >= 11 is 0. The fourth-order valence-corrected chi connectivity index (χ4v) is 1.78. The minimum absolute atomic E-state index is 0.277. The molecule has 0 aromatic heterocycles. The van der Waals surface area contributed by atoms with Crippen LogP contribution < -0.4 is 10.6 Å². The Kier molecular flexibility index (Phi) is 2.78. The van der Waals surface area contributed by atoms with Crippen LogP contribution in [0.25, 0.3) is 0 Å². The Morgan fingerprint density at radius 3 is 2.86 bits per heavy atom. The standard InChI is InChI=1S/C11H13N3/c12-7-9-3-1-2-4-10(9)11-8-13-5-6-14-11/h1-4,11,13-14H,5-6,8H2/t11-/m1/s1. The maximum absolute atomic E-state index is 8.95. The molecule has 1 aromatic rings. The molecule has 72 valence electrons. The van der Waals surface area contributed by atoms with Crippen molar-refractivity contribution in [3.8, 4) is 6.07 Å². The lowest BCUT2D eigenvalue weighted by atomic mass is 10.00. The molecule has 3 heteroatoms. The molecule has 2 rings (SSSR count). The van der Waals surface area contributed by atoms with Crippen molar-refractivity contribution >= 4 is 0 Å². The molecule has 0 unspecified atom stereocenters. The first-order valence-electron chi connectivity index (χ1n) is 4.85. The van der Waals surface area contributed by atoms with E-state index >= 15 is 0 Å². The SMILES string of the molecule is N#Cc1ccccc1[C@H]1CNCCN1. The van der Waals surface area contributed by atoms with E-state index in [-0.39, 0.29) is 6.04 Å². The molecule has 3 nitrogen and oxygen atoms in total. The molecule has 14 heavy (non-hydrogen) atoms. The summed E-state index contributed by atoms with van der Waals surface area (Å²) in [5, 5.41) is 15.7. The van der Waals surface area contributed by atoms with E-state index in [1.54, 1.807) is 0 Å². The van der Waals surface area contributed by atoms with Crippen LogP contribution in [0.2, 0.25) is 0 Å². The molecule has 1 fully saturated rings. The van der Waals surface area contributed by atoms with Gasteiger partial charge >= 0.3 is 0 Å². The number of nitrogens with one attached hydrogen (secondary N) is 2. The van der Waals surface area contributed by atoms with Gasteiger partial charge in [0, 0.05) is 25.7 Å². The maximum atomic E-state index is 8.95. The molecular formula is C11H13N3. The van der Waals surface area contributed by atoms with Gasteiger partial charge in [0.2, 0.25) is 0 Å². The van der Waals surface area contributed by atoms with Crippen LogP contribution in [0.1, 0.15) is 17.2 Å². The van der Waals surface area contributed by atoms with E-state index in [2.05, 4.69) is 16.7 Å². The van der Waals surface area contributed by atoms with Gasteiger partial charge in [-0.25, -0.2) is 0 Å². The Morgan fingerprint density at radius 1 is 1.29 bits per heavy atom. The van der Waals surface area contributed by atoms with E-state index in [4.69, 9.17) is 5.26 Å². The van der Waals surface area contributed by atoms with Crippen molar-refractivity contribution in [3.05, 3.63) is 35.4 Å². The van der Waals surface area contributed by atoms with Crippen LogP contribution >= 0.6 is 0 Å². The average molecular weight is 187 g/mol. The molecular weight excluding hydrogens is 174 g/mol. The second-order valence-corrected chi connectivity index (χ2v) is 3.41. The molecule has 0 bridgehead atoms. The summed E-state index contributed by atoms with van der Waals surface area (Å²) in [5.74, 6) is 0. The first-order chi connectivity index (χ1) is 6.92. The van der Waals surface area contributed by atoms with Crippen LogP contribution in [0.4, 0.5) is 0 Å². The van der Waals surface area contributed by atoms with Crippen molar-refractivity contribution in [3.63, 3.8) is 0 Å². The monoisotopic (exact) mass is 187 g/mol. The van der Waals surface area contributed by atoms with Crippen LogP contribution in [0.3, 0.4) is 0 Å². The number of rotatable bonds is 1. The first-order valence-corrected chi connectivity index (χ1v) is 4.85. The van der Waals surface area contributed by atoms with E-state index < -0.39 is 0 Å². The molecule has 0 saturated carbocycles. The lowest BCUT2D eigenvalue weighted by molar-refractivity contribution is 0.430. The lowest BCUT2D eigenvalue weighted by Gasteiger charge is -2.25. The summed E-state index contributed by atoms with van der Waals surface area (Å²) in [4.78, 5) is 0. The zero-order valence-electron chi connectivity index (χ0n) is 7.96. The third-order valence-corrected chi connectivity index (χ3v) is 2.50. The van der Waals surface area contributed by atoms with Gasteiger partial charge in [-0.05, 0) is 11.6 Å². The molecule has 1 aromatic carbocycles. The van der Waals surface area contributed by atoms with Crippen LogP contribution in [0, 0.1) is 11.3 Å². The van der Waals surface area contributed by atoms with Crippen LogP contribution in [-0.4, -0.2) is 19.6 Å². The van der Waals surface area contributed by atoms with Gasteiger partial charge in [0.05, 0.1) is 11.6 Å². The Labute approximate surface area is 83.7 Å². The summed E-state index contributed by atoms with van der Waals surface area (Å²) in [6, 6.07) is 10.3. The number of piperazine rings is 1. The summed E-state index contributed by atoms with van der Waals surface area (Å²) in [6.07, 6.45) is 0. The van der Waals surface area contributed by atoms with Gasteiger partial charge in [-0.1, -0.05) is 18.2 Å². The fourth-order valence-electron chi connectivity index (χ4n) is 1.78. The highest BCUT2D eigenvalue weighted by molar-refractivity contribution is 5.39. The number of hydrogen-bond acceptors (Lipinski definition) is 3. The third kappa shape index (κ3) is 1.77. The van der Waals surface area contributed by atoms with E-state index in [1.807, 2.05) is 24.3 Å². The zero-order chi connectivity index (χ0) is 9.80. The maximum Gasteiger partial charge on any atom is 0.0995 e. The summed E-state index contributed by atoms with van der Waals surface area (Å²) in [6.45, 7) is 2.87. The van der Waals surface area contributed by atoms with E-state index in [1.165, 1.54) is 0 Å². The second kappa shape index (κ2) is 4.23. The van der Waals surface area contributed by atoms with Gasteiger partial charge in [0.15, 0.2) is 0 Å². The smallest absolute Gasteiger partial charge is 0.0995 e. The number of nitriles is 1. The largest absolute Gasteiger partial charge is 0.314 e. The molecule has 1 aliphatic heterocycles. The Bertz CT molecular complexity index is 348. The second-order valence-electron chi connectivity index (χ2n) is 3.41. The highest BCUT2D eigenvalue weighted by Crippen LogP contribution is 2.17. The third-order valence-electron chi connectivity index (χ3n) is 2.50. The first kappa shape index (κ1) is 9.20. The van der Waals surface area contributed by atoms with Crippen molar-refractivity contribution in [2.45, 2.75) is 6.04 Å². The molecule has 1 atom stereocenters. The highest BCUT2D eigenvalue weighted by atomic mass is 15.1. The van der Waals surface area contributed by atoms with Crippen LogP contribution in [-0.2, 0) is 0 Å². The topological polar surface area (TPSA) is 47.9 Å². The number of hydrogen-bond donors (Lipinski definition) is 2. The summed E-state index contributed by atoms with van der Waals surface area (Å²) in [5.41, 5.74) is 1.87. The van der Waals surface area contributed by atoms with Gasteiger partial charge in [-0.15, -0.1) is 0 Å². The molecule has 0 radical (unpaired) electrons. The number of benzene rings is 1. The predicted molar refractivity (Wildman–Crippen MR) is 54.8 cm³/mol. The Balaban J connectivity index is 2.26. The predicted octanol–water partition coefficient (Wildman–Crippen LogP) is 0.792. The Morgan fingerprint density at radius 2 is 2.14 bits per heavy atom. The molecule has 1 aliphatic rings. The van der Waals surface area contributed by atoms with Crippen LogP contribution in [0.5, 0.6) is 0 Å². The van der Waals surface area contributed by atoms with Crippen molar-refractivity contribution in [1.29, 1.82) is 5.26 Å². The molecule has 1 heterocycles. The fraction of sp³-hybridized carbons (Fsp3) is 0.364. The van der Waals surface area contributed by atoms with Gasteiger partial charge in [0.25, 0.3) is 0 Å². The van der Waals surface area contributed by atoms with E-state index in [0.717, 1.165) is 30.8 Å². The van der Waals surface area contributed by atoms with Crippen molar-refractivity contribution in [2.75, 3.05) is 19.6 Å². The van der Waals surface area contributed by atoms with Gasteiger partial charge < -0.3 is 10.6 Å². The van der Waals surface area contributed by atoms with Gasteiger partial charge in [-0.2, -0.15) is 5.26 Å². The lowest BCUT2D eigenvalue weighted by Crippen LogP contribution is -2.42. The molecule has 0 aliphatic carbocycles. The quantitative estimate of drug-likeness (QED) is 0.683. The zero-order valence-corrected chi connectivity index (χ0v) is 7.96. The molecule has 0 spiro atoms. The summed E-state index contributed by atoms with van der Waals surface area (Å²) in [7, 11) is 0. The average Bonchev–Trinajstić information content (AvgIpc) is 2.30. The molecule has 0 amide bonds. The minimum atomic E-state index is 0.277. The van der Waals surface area contributed by atoms with E-state index in [0.29, 0.717) is 0 Å². The van der Waals surface area contributed by atoms with Gasteiger partial charge in [0.1, 0.15) is 0 Å². The van der Waals surface area contributed by atoms with Crippen LogP contribution in [0.15, 0.2) is 24.3 Å². The molecule has 1 saturated heterocycles. The summed E-state index contributed by atoms with van der Waals surface area (Å²) < 4.78 is 0. The van der Waals surface area contributed by atoms with Crippen molar-refractivity contribution in [2.24, 2.45) is 0 Å². The Hall–Kier alpha value is -1.37. The van der Waals surface area contributed by atoms with E-state index in [9.17, 15) is 0 Å². The minimum Gasteiger partial charge on any atom is -0.314 e. The molecule has 2 N–H and O–H groups in total. The van der Waals surface area contributed by atoms with Crippen molar-refractivity contribution in [1.82, 2.24) is 10.6 Å². The van der Waals surface area contributed by atoms with Gasteiger partial charge in [-0.3, -0.25) is 0 Å². The van der Waals surface area contributed by atoms with Crippen molar-refractivity contribution < 1.29 is 0 Å².